The summed E-state index contributed by atoms with van der Waals surface area (Å²) in [6.45, 7) is 0.479. The Kier molecular flexibility index (Phi) is 4.58. The van der Waals surface area contributed by atoms with E-state index in [0.717, 1.165) is 8.99 Å². The highest BCUT2D eigenvalue weighted by Gasteiger charge is 2.34. The minimum absolute atomic E-state index is 0.0741. The summed E-state index contributed by atoms with van der Waals surface area (Å²) in [6.07, 6.45) is 0.687. The summed E-state index contributed by atoms with van der Waals surface area (Å²) in [7, 11) is -4.01. The van der Waals surface area contributed by atoms with Crippen LogP contribution < -0.4 is 11.1 Å². The van der Waals surface area contributed by atoms with Crippen molar-refractivity contribution in [3.8, 4) is 0 Å². The average Bonchev–Trinajstić information content (AvgIpc) is 3.03. The van der Waals surface area contributed by atoms with Crippen molar-refractivity contribution in [1.29, 1.82) is 0 Å². The SMILES string of the molecule is Nc1c2c(nn1C(=O)C1CCNc3ccc(F)cc31)CN(S(=O)(=O)CF)CC2. The van der Waals surface area contributed by atoms with Gasteiger partial charge in [0.25, 0.3) is 5.91 Å². The molecule has 0 fully saturated rings. The van der Waals surface area contributed by atoms with E-state index in [9.17, 15) is 22.0 Å². The van der Waals surface area contributed by atoms with Gasteiger partial charge in [-0.2, -0.15) is 14.1 Å². The van der Waals surface area contributed by atoms with Crippen molar-refractivity contribution in [3.05, 3.63) is 40.8 Å². The molecule has 0 radical (unpaired) electrons. The Morgan fingerprint density at radius 3 is 2.93 bits per heavy atom. The van der Waals surface area contributed by atoms with Crippen LogP contribution in [0, 0.1) is 5.82 Å². The molecule has 1 aromatic carbocycles. The highest BCUT2D eigenvalue weighted by Crippen LogP contribution is 2.35. The molecule has 2 aliphatic rings. The van der Waals surface area contributed by atoms with Crippen LogP contribution >= 0.6 is 0 Å². The van der Waals surface area contributed by atoms with Crippen LogP contribution in [0.2, 0.25) is 0 Å². The first-order valence-corrected chi connectivity index (χ1v) is 10.4. The summed E-state index contributed by atoms with van der Waals surface area (Å²) in [5.41, 5.74) is 8.26. The van der Waals surface area contributed by atoms with Gasteiger partial charge in [0, 0.05) is 24.3 Å². The Bertz CT molecular complexity index is 1050. The standard InChI is InChI=1S/C17H19F2N5O3S/c18-9-28(26,27)23-6-4-12-15(8-23)22-24(16(12)20)17(25)11-3-5-21-14-2-1-10(19)7-13(11)14/h1-2,7,11,21H,3-6,8-9,20H2. The number of alkyl halides is 1. The second-order valence-electron chi connectivity index (χ2n) is 6.86. The summed E-state index contributed by atoms with van der Waals surface area (Å²) in [4.78, 5) is 13.1. The predicted octanol–water partition coefficient (Wildman–Crippen LogP) is 1.46. The minimum Gasteiger partial charge on any atom is -0.385 e. The predicted molar refractivity (Wildman–Crippen MR) is 98.5 cm³/mol. The smallest absolute Gasteiger partial charge is 0.256 e. The quantitative estimate of drug-likeness (QED) is 0.791. The number of carbonyl (C=O) groups is 1. The fraction of sp³-hybridized carbons (Fsp3) is 0.412. The molecule has 2 aliphatic heterocycles. The third-order valence-electron chi connectivity index (χ3n) is 5.22. The molecular weight excluding hydrogens is 392 g/mol. The van der Waals surface area contributed by atoms with Crippen LogP contribution in [0.25, 0.3) is 0 Å². The van der Waals surface area contributed by atoms with E-state index in [0.29, 0.717) is 35.5 Å². The van der Waals surface area contributed by atoms with Gasteiger partial charge in [0.05, 0.1) is 18.2 Å². The number of sulfonamides is 1. The largest absolute Gasteiger partial charge is 0.385 e. The Labute approximate surface area is 160 Å². The number of nitrogens with zero attached hydrogens (tertiary/aromatic N) is 3. The summed E-state index contributed by atoms with van der Waals surface area (Å²) < 4.78 is 52.1. The fourth-order valence-electron chi connectivity index (χ4n) is 3.76. The molecular formula is C17H19F2N5O3S. The van der Waals surface area contributed by atoms with Gasteiger partial charge in [-0.25, -0.2) is 17.2 Å². The van der Waals surface area contributed by atoms with E-state index in [2.05, 4.69) is 10.4 Å². The number of halogens is 2. The Morgan fingerprint density at radius 2 is 2.18 bits per heavy atom. The van der Waals surface area contributed by atoms with Crippen molar-refractivity contribution in [2.24, 2.45) is 0 Å². The lowest BCUT2D eigenvalue weighted by Gasteiger charge is -2.25. The number of hydrogen-bond acceptors (Lipinski definition) is 6. The Morgan fingerprint density at radius 1 is 1.39 bits per heavy atom. The van der Waals surface area contributed by atoms with Crippen molar-refractivity contribution >= 4 is 27.4 Å². The zero-order valence-electron chi connectivity index (χ0n) is 14.9. The van der Waals surface area contributed by atoms with E-state index in [1.807, 2.05) is 0 Å². The van der Waals surface area contributed by atoms with Crippen molar-refractivity contribution in [1.82, 2.24) is 14.1 Å². The molecule has 1 aromatic heterocycles. The third kappa shape index (κ3) is 3.04. The molecule has 3 N–H and O–H groups in total. The molecule has 1 atom stereocenters. The summed E-state index contributed by atoms with van der Waals surface area (Å²) in [6, 6.07) is 2.73. The molecule has 0 amide bonds. The molecule has 28 heavy (non-hydrogen) atoms. The van der Waals surface area contributed by atoms with Crippen LogP contribution in [0.15, 0.2) is 18.2 Å². The van der Waals surface area contributed by atoms with E-state index >= 15 is 0 Å². The maximum atomic E-state index is 13.7. The van der Waals surface area contributed by atoms with Crippen LogP contribution in [-0.2, 0) is 23.0 Å². The number of rotatable bonds is 3. The lowest BCUT2D eigenvalue weighted by atomic mass is 9.90. The second kappa shape index (κ2) is 6.82. The average molecular weight is 411 g/mol. The van der Waals surface area contributed by atoms with E-state index in [1.165, 1.54) is 12.1 Å². The van der Waals surface area contributed by atoms with Crippen LogP contribution in [0.5, 0.6) is 0 Å². The molecule has 1 unspecified atom stereocenters. The zero-order chi connectivity index (χ0) is 20.1. The van der Waals surface area contributed by atoms with Gasteiger partial charge >= 0.3 is 0 Å². The number of hydrogen-bond donors (Lipinski definition) is 2. The van der Waals surface area contributed by atoms with E-state index < -0.39 is 33.7 Å². The number of benzene rings is 1. The highest BCUT2D eigenvalue weighted by molar-refractivity contribution is 7.88. The molecule has 150 valence electrons. The fourth-order valence-corrected chi connectivity index (χ4v) is 4.59. The second-order valence-corrected chi connectivity index (χ2v) is 8.76. The van der Waals surface area contributed by atoms with Gasteiger partial charge in [0.2, 0.25) is 16.0 Å². The molecule has 3 heterocycles. The third-order valence-corrected chi connectivity index (χ3v) is 6.59. The lowest BCUT2D eigenvalue weighted by Crippen LogP contribution is -2.36. The molecule has 0 saturated carbocycles. The van der Waals surface area contributed by atoms with Crippen molar-refractivity contribution in [2.75, 3.05) is 30.1 Å². The normalized spacial score (nSPS) is 19.6. The number of anilines is 2. The summed E-state index contributed by atoms with van der Waals surface area (Å²) in [5, 5.41) is 7.35. The summed E-state index contributed by atoms with van der Waals surface area (Å²) in [5.74, 6) is -1.32. The summed E-state index contributed by atoms with van der Waals surface area (Å²) >= 11 is 0. The molecule has 4 rings (SSSR count). The molecule has 8 nitrogen and oxygen atoms in total. The molecule has 11 heteroatoms. The van der Waals surface area contributed by atoms with Crippen LogP contribution in [0.4, 0.5) is 20.3 Å². The number of nitrogens with two attached hydrogens (primary N) is 1. The van der Waals surface area contributed by atoms with Gasteiger partial charge in [0.15, 0.2) is 0 Å². The van der Waals surface area contributed by atoms with E-state index in [4.69, 9.17) is 5.73 Å². The first kappa shape index (κ1) is 18.8. The highest BCUT2D eigenvalue weighted by atomic mass is 32.2. The van der Waals surface area contributed by atoms with Crippen LogP contribution in [0.3, 0.4) is 0 Å². The van der Waals surface area contributed by atoms with Gasteiger partial charge in [-0.15, -0.1) is 0 Å². The molecule has 0 saturated heterocycles. The van der Waals surface area contributed by atoms with Gasteiger partial charge in [0.1, 0.15) is 11.6 Å². The van der Waals surface area contributed by atoms with Gasteiger partial charge in [-0.3, -0.25) is 4.79 Å². The van der Waals surface area contributed by atoms with Crippen molar-refractivity contribution in [3.63, 3.8) is 0 Å². The molecule has 0 aliphatic carbocycles. The number of carbonyl (C=O) groups excluding carboxylic acids is 1. The maximum Gasteiger partial charge on any atom is 0.256 e. The first-order chi connectivity index (χ1) is 13.3. The molecule has 0 spiro atoms. The van der Waals surface area contributed by atoms with Crippen LogP contribution in [-0.4, -0.2) is 47.5 Å². The van der Waals surface area contributed by atoms with Gasteiger partial charge < -0.3 is 11.1 Å². The Balaban J connectivity index is 1.67. The molecule has 2 aromatic rings. The Hall–Kier alpha value is -2.53. The molecule has 0 bridgehead atoms. The monoisotopic (exact) mass is 411 g/mol. The number of aromatic nitrogens is 2. The maximum absolute atomic E-state index is 13.7. The minimum atomic E-state index is -4.01. The van der Waals surface area contributed by atoms with Crippen LogP contribution in [0.1, 0.15) is 34.0 Å². The number of nitrogen functional groups attached to an aromatic ring is 1. The topological polar surface area (TPSA) is 110 Å². The number of nitrogens with one attached hydrogen (secondary N) is 1. The van der Waals surface area contributed by atoms with E-state index in [1.54, 1.807) is 6.07 Å². The van der Waals surface area contributed by atoms with Crippen molar-refractivity contribution < 1.29 is 22.0 Å². The van der Waals surface area contributed by atoms with Gasteiger partial charge in [-0.1, -0.05) is 0 Å². The number of fused-ring (bicyclic) bond motifs is 2. The van der Waals surface area contributed by atoms with Gasteiger partial charge in [-0.05, 0) is 36.6 Å². The zero-order valence-corrected chi connectivity index (χ0v) is 15.7. The van der Waals surface area contributed by atoms with Crippen molar-refractivity contribution in [2.45, 2.75) is 25.3 Å². The van der Waals surface area contributed by atoms with E-state index in [-0.39, 0.29) is 25.3 Å². The lowest BCUT2D eigenvalue weighted by molar-refractivity contribution is 0.0859. The first-order valence-electron chi connectivity index (χ1n) is 8.79.